The Balaban J connectivity index is 2.54. The van der Waals surface area contributed by atoms with Crippen LogP contribution in [0.4, 0.5) is 5.69 Å². The first kappa shape index (κ1) is 9.71. The van der Waals surface area contributed by atoms with E-state index in [1.807, 2.05) is 25.2 Å². The zero-order chi connectivity index (χ0) is 10.1. The minimum atomic E-state index is 0.261. The highest BCUT2D eigenvalue weighted by molar-refractivity contribution is 9.10. The summed E-state index contributed by atoms with van der Waals surface area (Å²) in [6.45, 7) is 0.954. The van der Waals surface area contributed by atoms with Gasteiger partial charge in [-0.15, -0.1) is 0 Å². The number of Topliss-reactive ketones (excluding diaryl/α,β-unsaturated/α-hetero) is 1. The lowest BCUT2D eigenvalue weighted by Gasteiger charge is -2.18. The Kier molecular flexibility index (Phi) is 2.59. The van der Waals surface area contributed by atoms with Crippen molar-refractivity contribution in [1.82, 2.24) is 0 Å². The molecule has 74 valence electrons. The first-order chi connectivity index (χ1) is 6.68. The van der Waals surface area contributed by atoms with Gasteiger partial charge in [0.05, 0.1) is 0 Å². The number of hydrogen-bond donors (Lipinski definition) is 0. The SMILES string of the molecule is CN1CCCC(=O)c2ccc(Br)cc21. The maximum absolute atomic E-state index is 11.7. The topological polar surface area (TPSA) is 20.3 Å². The summed E-state index contributed by atoms with van der Waals surface area (Å²) in [4.78, 5) is 13.9. The van der Waals surface area contributed by atoms with Crippen LogP contribution in [-0.4, -0.2) is 19.4 Å². The van der Waals surface area contributed by atoms with Crippen molar-refractivity contribution in [2.24, 2.45) is 0 Å². The first-order valence-electron chi connectivity index (χ1n) is 4.72. The largest absolute Gasteiger partial charge is 0.374 e. The molecule has 0 N–H and O–H groups in total. The molecule has 0 unspecified atom stereocenters. The lowest BCUT2D eigenvalue weighted by Crippen LogP contribution is -2.17. The number of anilines is 1. The number of hydrogen-bond acceptors (Lipinski definition) is 2. The molecule has 1 aromatic carbocycles. The smallest absolute Gasteiger partial charge is 0.165 e. The molecule has 2 nitrogen and oxygen atoms in total. The zero-order valence-corrected chi connectivity index (χ0v) is 9.67. The first-order valence-corrected chi connectivity index (χ1v) is 5.51. The van der Waals surface area contributed by atoms with Crippen molar-refractivity contribution in [3.63, 3.8) is 0 Å². The van der Waals surface area contributed by atoms with Crippen LogP contribution in [0.25, 0.3) is 0 Å². The normalized spacial score (nSPS) is 16.4. The predicted octanol–water partition coefficient (Wildman–Crippen LogP) is 2.86. The molecule has 0 aromatic heterocycles. The number of carbonyl (C=O) groups excluding carboxylic acids is 1. The summed E-state index contributed by atoms with van der Waals surface area (Å²) in [5, 5.41) is 0. The minimum Gasteiger partial charge on any atom is -0.374 e. The number of carbonyl (C=O) groups is 1. The Morgan fingerprint density at radius 1 is 1.43 bits per heavy atom. The molecule has 0 atom stereocenters. The quantitative estimate of drug-likeness (QED) is 0.709. The summed E-state index contributed by atoms with van der Waals surface area (Å²) in [7, 11) is 2.03. The van der Waals surface area contributed by atoms with Gasteiger partial charge in [-0.1, -0.05) is 15.9 Å². The Morgan fingerprint density at radius 3 is 3.00 bits per heavy atom. The van der Waals surface area contributed by atoms with Crippen molar-refractivity contribution in [2.45, 2.75) is 12.8 Å². The fourth-order valence-electron chi connectivity index (χ4n) is 1.79. The third kappa shape index (κ3) is 1.69. The number of nitrogens with zero attached hydrogens (tertiary/aromatic N) is 1. The van der Waals surface area contributed by atoms with E-state index in [4.69, 9.17) is 0 Å². The van der Waals surface area contributed by atoms with Gasteiger partial charge < -0.3 is 4.90 Å². The highest BCUT2D eigenvalue weighted by atomic mass is 79.9. The van der Waals surface area contributed by atoms with E-state index in [0.29, 0.717) is 6.42 Å². The zero-order valence-electron chi connectivity index (χ0n) is 8.09. The van der Waals surface area contributed by atoms with Gasteiger partial charge in [-0.2, -0.15) is 0 Å². The van der Waals surface area contributed by atoms with Gasteiger partial charge in [0.2, 0.25) is 0 Å². The van der Waals surface area contributed by atoms with E-state index in [9.17, 15) is 4.79 Å². The van der Waals surface area contributed by atoms with Gasteiger partial charge in [0.25, 0.3) is 0 Å². The minimum absolute atomic E-state index is 0.261. The van der Waals surface area contributed by atoms with E-state index in [1.54, 1.807) is 0 Å². The van der Waals surface area contributed by atoms with Gasteiger partial charge in [0, 0.05) is 35.7 Å². The number of halogens is 1. The van der Waals surface area contributed by atoms with Gasteiger partial charge >= 0.3 is 0 Å². The lowest BCUT2D eigenvalue weighted by molar-refractivity contribution is 0.0984. The Bertz CT molecular complexity index is 376. The third-order valence-electron chi connectivity index (χ3n) is 2.57. The molecular formula is C11H12BrNO. The average molecular weight is 254 g/mol. The fraction of sp³-hybridized carbons (Fsp3) is 0.364. The highest BCUT2D eigenvalue weighted by Gasteiger charge is 2.18. The van der Waals surface area contributed by atoms with Crippen LogP contribution >= 0.6 is 15.9 Å². The molecular weight excluding hydrogens is 242 g/mol. The van der Waals surface area contributed by atoms with Crippen molar-refractivity contribution in [2.75, 3.05) is 18.5 Å². The van der Waals surface area contributed by atoms with Gasteiger partial charge in [-0.05, 0) is 24.6 Å². The Hall–Kier alpha value is -0.830. The average Bonchev–Trinajstić information content (AvgIpc) is 2.28. The molecule has 0 fully saturated rings. The molecule has 3 heteroatoms. The molecule has 1 aromatic rings. The van der Waals surface area contributed by atoms with Crippen LogP contribution < -0.4 is 4.90 Å². The molecule has 0 saturated heterocycles. The fourth-order valence-corrected chi connectivity index (χ4v) is 2.14. The van der Waals surface area contributed by atoms with E-state index < -0.39 is 0 Å². The molecule has 0 spiro atoms. The second-order valence-corrected chi connectivity index (χ2v) is 4.53. The molecule has 0 aliphatic carbocycles. The third-order valence-corrected chi connectivity index (χ3v) is 3.06. The standard InChI is InChI=1S/C11H12BrNO/c1-13-6-2-3-11(14)9-5-4-8(12)7-10(9)13/h4-5,7H,2-3,6H2,1H3. The summed E-state index contributed by atoms with van der Waals surface area (Å²) < 4.78 is 1.03. The summed E-state index contributed by atoms with van der Waals surface area (Å²) in [5.74, 6) is 0.261. The maximum atomic E-state index is 11.7. The van der Waals surface area contributed by atoms with Crippen LogP contribution in [0.3, 0.4) is 0 Å². The summed E-state index contributed by atoms with van der Waals surface area (Å²) in [6, 6.07) is 5.85. The van der Waals surface area contributed by atoms with Gasteiger partial charge in [-0.3, -0.25) is 4.79 Å². The molecule has 1 heterocycles. The second kappa shape index (κ2) is 3.73. The number of fused-ring (bicyclic) bond motifs is 1. The predicted molar refractivity (Wildman–Crippen MR) is 61.0 cm³/mol. The van der Waals surface area contributed by atoms with E-state index in [2.05, 4.69) is 20.8 Å². The van der Waals surface area contributed by atoms with E-state index in [0.717, 1.165) is 28.7 Å². The molecule has 0 radical (unpaired) electrons. The summed E-state index contributed by atoms with van der Waals surface area (Å²) in [5.41, 5.74) is 1.90. The molecule has 0 bridgehead atoms. The number of ketones is 1. The van der Waals surface area contributed by atoms with Gasteiger partial charge in [0.1, 0.15) is 0 Å². The van der Waals surface area contributed by atoms with Gasteiger partial charge in [0.15, 0.2) is 5.78 Å². The molecule has 0 saturated carbocycles. The highest BCUT2D eigenvalue weighted by Crippen LogP contribution is 2.28. The summed E-state index contributed by atoms with van der Waals surface area (Å²) >= 11 is 3.43. The lowest BCUT2D eigenvalue weighted by atomic mass is 10.1. The van der Waals surface area contributed by atoms with E-state index in [1.165, 1.54) is 0 Å². The van der Waals surface area contributed by atoms with Crippen LogP contribution in [-0.2, 0) is 0 Å². The van der Waals surface area contributed by atoms with Crippen LogP contribution in [0.2, 0.25) is 0 Å². The monoisotopic (exact) mass is 253 g/mol. The van der Waals surface area contributed by atoms with Gasteiger partial charge in [-0.25, -0.2) is 0 Å². The second-order valence-electron chi connectivity index (χ2n) is 3.61. The molecule has 1 aliphatic rings. The molecule has 14 heavy (non-hydrogen) atoms. The van der Waals surface area contributed by atoms with Crippen molar-refractivity contribution in [3.8, 4) is 0 Å². The van der Waals surface area contributed by atoms with E-state index >= 15 is 0 Å². The van der Waals surface area contributed by atoms with E-state index in [-0.39, 0.29) is 5.78 Å². The van der Waals surface area contributed by atoms with Crippen molar-refractivity contribution in [1.29, 1.82) is 0 Å². The summed E-state index contributed by atoms with van der Waals surface area (Å²) in [6.07, 6.45) is 1.61. The van der Waals surface area contributed by atoms with Crippen molar-refractivity contribution >= 4 is 27.4 Å². The molecule has 2 rings (SSSR count). The van der Waals surface area contributed by atoms with Crippen LogP contribution in [0.1, 0.15) is 23.2 Å². The molecule has 0 amide bonds. The molecule has 1 aliphatic heterocycles. The Labute approximate surface area is 92.0 Å². The van der Waals surface area contributed by atoms with Crippen LogP contribution in [0, 0.1) is 0 Å². The Morgan fingerprint density at radius 2 is 2.21 bits per heavy atom. The maximum Gasteiger partial charge on any atom is 0.165 e. The van der Waals surface area contributed by atoms with Crippen molar-refractivity contribution in [3.05, 3.63) is 28.2 Å². The van der Waals surface area contributed by atoms with Crippen LogP contribution in [0.15, 0.2) is 22.7 Å². The number of benzene rings is 1. The van der Waals surface area contributed by atoms with Crippen molar-refractivity contribution < 1.29 is 4.79 Å². The van der Waals surface area contributed by atoms with Crippen LogP contribution in [0.5, 0.6) is 0 Å². The number of rotatable bonds is 0.